The van der Waals surface area contributed by atoms with Crippen molar-refractivity contribution < 1.29 is 0 Å². The van der Waals surface area contributed by atoms with Crippen LogP contribution in [0.1, 0.15) is 45.4 Å². The Hall–Kier alpha value is -1.75. The maximum absolute atomic E-state index is 4.41. The summed E-state index contributed by atoms with van der Waals surface area (Å²) < 4.78 is 0. The molecule has 0 aromatic heterocycles. The van der Waals surface area contributed by atoms with Gasteiger partial charge in [0.25, 0.3) is 0 Å². The zero-order valence-electron chi connectivity index (χ0n) is 17.2. The van der Waals surface area contributed by atoms with Crippen LogP contribution in [-0.2, 0) is 0 Å². The fraction of sp³-hybridized carbons (Fsp3) is 0.682. The van der Waals surface area contributed by atoms with E-state index in [0.29, 0.717) is 6.04 Å². The molecule has 2 saturated heterocycles. The van der Waals surface area contributed by atoms with Gasteiger partial charge in [-0.25, -0.2) is 0 Å². The highest BCUT2D eigenvalue weighted by molar-refractivity contribution is 5.80. The lowest BCUT2D eigenvalue weighted by Crippen LogP contribution is -2.45. The highest BCUT2D eigenvalue weighted by Gasteiger charge is 2.23. The number of aliphatic imine (C=N–C) groups is 1. The number of anilines is 1. The number of benzene rings is 1. The zero-order chi connectivity index (χ0) is 18.9. The quantitative estimate of drug-likeness (QED) is 0.439. The minimum atomic E-state index is 0.464. The average molecular weight is 372 g/mol. The number of likely N-dealkylation sites (tertiary alicyclic amines) is 1. The summed E-state index contributed by atoms with van der Waals surface area (Å²) in [5.74, 6) is 0.946. The first kappa shape index (κ1) is 20.0. The Morgan fingerprint density at radius 3 is 2.74 bits per heavy atom. The van der Waals surface area contributed by atoms with Crippen LogP contribution >= 0.6 is 0 Å². The molecule has 0 spiro atoms. The van der Waals surface area contributed by atoms with E-state index in [1.165, 1.54) is 50.9 Å². The van der Waals surface area contributed by atoms with Gasteiger partial charge < -0.3 is 20.4 Å². The van der Waals surface area contributed by atoms with E-state index < -0.39 is 0 Å². The van der Waals surface area contributed by atoms with Crippen LogP contribution in [0, 0.1) is 0 Å². The van der Waals surface area contributed by atoms with Gasteiger partial charge >= 0.3 is 0 Å². The largest absolute Gasteiger partial charge is 0.369 e. The number of unbranched alkanes of at least 4 members (excludes halogenated alkanes) is 1. The van der Waals surface area contributed by atoms with Crippen LogP contribution in [-0.4, -0.2) is 62.7 Å². The number of hydrogen-bond acceptors (Lipinski definition) is 3. The predicted molar refractivity (Wildman–Crippen MR) is 116 cm³/mol. The smallest absolute Gasteiger partial charge is 0.191 e. The molecule has 3 rings (SSSR count). The van der Waals surface area contributed by atoms with Crippen molar-refractivity contribution in [2.24, 2.45) is 4.99 Å². The molecule has 2 atom stereocenters. The topological polar surface area (TPSA) is 42.9 Å². The van der Waals surface area contributed by atoms with E-state index >= 15 is 0 Å². The third-order valence-electron chi connectivity index (χ3n) is 5.98. The SMILES string of the molecule is CN=C(NCCCCN1CCCCC1C)NC1CCN(c2ccccc2)C1. The van der Waals surface area contributed by atoms with Crippen LogP contribution in [0.3, 0.4) is 0 Å². The standard InChI is InChI=1S/C22H37N5/c1-19-10-6-8-15-26(19)16-9-7-14-24-22(23-2)25-20-13-17-27(18-20)21-11-4-3-5-12-21/h3-5,11-12,19-20H,6-10,13-18H2,1-2H3,(H2,23,24,25). The number of rotatable bonds is 7. The molecule has 150 valence electrons. The second-order valence-electron chi connectivity index (χ2n) is 8.00. The van der Waals surface area contributed by atoms with Gasteiger partial charge in [0.05, 0.1) is 0 Å². The maximum Gasteiger partial charge on any atom is 0.191 e. The molecule has 2 aliphatic rings. The monoisotopic (exact) mass is 371 g/mol. The third-order valence-corrected chi connectivity index (χ3v) is 5.98. The summed E-state index contributed by atoms with van der Waals surface area (Å²) in [5.41, 5.74) is 1.32. The van der Waals surface area contributed by atoms with E-state index in [2.05, 4.69) is 62.7 Å². The Morgan fingerprint density at radius 1 is 1.11 bits per heavy atom. The van der Waals surface area contributed by atoms with E-state index in [0.717, 1.165) is 38.1 Å². The van der Waals surface area contributed by atoms with Crippen LogP contribution in [0.5, 0.6) is 0 Å². The lowest BCUT2D eigenvalue weighted by Gasteiger charge is -2.33. The van der Waals surface area contributed by atoms with Gasteiger partial charge in [0.2, 0.25) is 0 Å². The van der Waals surface area contributed by atoms with Gasteiger partial charge in [-0.05, 0) is 64.3 Å². The van der Waals surface area contributed by atoms with Crippen molar-refractivity contribution in [1.29, 1.82) is 0 Å². The van der Waals surface area contributed by atoms with E-state index in [4.69, 9.17) is 0 Å². The summed E-state index contributed by atoms with van der Waals surface area (Å²) in [5, 5.41) is 7.10. The Kier molecular flexibility index (Phi) is 7.81. The summed E-state index contributed by atoms with van der Waals surface area (Å²) in [6, 6.07) is 11.9. The molecule has 1 aromatic rings. The molecular formula is C22H37N5. The van der Waals surface area contributed by atoms with Crippen LogP contribution in [0.25, 0.3) is 0 Å². The number of hydrogen-bond donors (Lipinski definition) is 2. The first-order valence-corrected chi connectivity index (χ1v) is 10.8. The molecule has 0 bridgehead atoms. The summed E-state index contributed by atoms with van der Waals surface area (Å²) in [4.78, 5) is 9.52. The molecule has 2 unspecified atom stereocenters. The van der Waals surface area contributed by atoms with Crippen molar-refractivity contribution in [2.45, 2.75) is 57.5 Å². The minimum Gasteiger partial charge on any atom is -0.369 e. The third kappa shape index (κ3) is 6.13. The summed E-state index contributed by atoms with van der Waals surface area (Å²) in [7, 11) is 1.87. The number of nitrogens with one attached hydrogen (secondary N) is 2. The first-order valence-electron chi connectivity index (χ1n) is 10.8. The van der Waals surface area contributed by atoms with Crippen molar-refractivity contribution in [3.63, 3.8) is 0 Å². The fourth-order valence-electron chi connectivity index (χ4n) is 4.28. The molecule has 1 aromatic carbocycles. The van der Waals surface area contributed by atoms with Gasteiger partial charge in [0.1, 0.15) is 0 Å². The molecule has 0 amide bonds. The van der Waals surface area contributed by atoms with Gasteiger partial charge in [0, 0.05) is 44.5 Å². The lowest BCUT2D eigenvalue weighted by atomic mass is 10.0. The molecule has 0 aliphatic carbocycles. The molecular weight excluding hydrogens is 334 g/mol. The minimum absolute atomic E-state index is 0.464. The maximum atomic E-state index is 4.41. The molecule has 2 fully saturated rings. The summed E-state index contributed by atoms with van der Waals surface area (Å²) >= 11 is 0. The van der Waals surface area contributed by atoms with Crippen molar-refractivity contribution in [2.75, 3.05) is 44.7 Å². The molecule has 2 aliphatic heterocycles. The molecule has 5 heteroatoms. The molecule has 0 saturated carbocycles. The Morgan fingerprint density at radius 2 is 1.96 bits per heavy atom. The number of guanidine groups is 1. The van der Waals surface area contributed by atoms with Crippen molar-refractivity contribution in [3.8, 4) is 0 Å². The van der Waals surface area contributed by atoms with Crippen molar-refractivity contribution >= 4 is 11.6 Å². The highest BCUT2D eigenvalue weighted by Crippen LogP contribution is 2.19. The van der Waals surface area contributed by atoms with Gasteiger partial charge in [-0.2, -0.15) is 0 Å². The normalized spacial score (nSPS) is 24.2. The zero-order valence-corrected chi connectivity index (χ0v) is 17.2. The van der Waals surface area contributed by atoms with Crippen LogP contribution in [0.4, 0.5) is 5.69 Å². The molecule has 5 nitrogen and oxygen atoms in total. The molecule has 0 radical (unpaired) electrons. The fourth-order valence-corrected chi connectivity index (χ4v) is 4.28. The molecule has 2 N–H and O–H groups in total. The van der Waals surface area contributed by atoms with E-state index in [1.807, 2.05) is 7.05 Å². The van der Waals surface area contributed by atoms with Gasteiger partial charge in [-0.1, -0.05) is 24.6 Å². The van der Waals surface area contributed by atoms with Crippen LogP contribution < -0.4 is 15.5 Å². The number of para-hydroxylation sites is 1. The van der Waals surface area contributed by atoms with Gasteiger partial charge in [0.15, 0.2) is 5.96 Å². The molecule has 27 heavy (non-hydrogen) atoms. The highest BCUT2D eigenvalue weighted by atomic mass is 15.2. The van der Waals surface area contributed by atoms with Gasteiger partial charge in [-0.3, -0.25) is 4.99 Å². The Bertz CT molecular complexity index is 573. The van der Waals surface area contributed by atoms with E-state index in [-0.39, 0.29) is 0 Å². The second kappa shape index (κ2) is 10.5. The number of nitrogens with zero attached hydrogens (tertiary/aromatic N) is 3. The number of piperidine rings is 1. The van der Waals surface area contributed by atoms with Crippen LogP contribution in [0.15, 0.2) is 35.3 Å². The average Bonchev–Trinajstić information content (AvgIpc) is 3.17. The molecule has 2 heterocycles. The Labute approximate surface area is 165 Å². The lowest BCUT2D eigenvalue weighted by molar-refractivity contribution is 0.158. The van der Waals surface area contributed by atoms with Crippen LogP contribution in [0.2, 0.25) is 0 Å². The van der Waals surface area contributed by atoms with Crippen molar-refractivity contribution in [1.82, 2.24) is 15.5 Å². The van der Waals surface area contributed by atoms with E-state index in [1.54, 1.807) is 0 Å². The second-order valence-corrected chi connectivity index (χ2v) is 8.00. The van der Waals surface area contributed by atoms with E-state index in [9.17, 15) is 0 Å². The summed E-state index contributed by atoms with van der Waals surface area (Å²) in [6.45, 7) is 8.05. The predicted octanol–water partition coefficient (Wildman–Crippen LogP) is 3.08. The van der Waals surface area contributed by atoms with Gasteiger partial charge in [-0.15, -0.1) is 0 Å². The Balaban J connectivity index is 1.31. The van der Waals surface area contributed by atoms with Crippen molar-refractivity contribution in [3.05, 3.63) is 30.3 Å². The first-order chi connectivity index (χ1) is 13.3. The summed E-state index contributed by atoms with van der Waals surface area (Å²) in [6.07, 6.45) is 7.77.